The second-order valence-electron chi connectivity index (χ2n) is 7.14. The Morgan fingerprint density at radius 3 is 2.38 bits per heavy atom. The molecule has 21 heavy (non-hydrogen) atoms. The number of benzene rings is 1. The van der Waals surface area contributed by atoms with Crippen LogP contribution in [0.3, 0.4) is 0 Å². The predicted octanol–water partition coefficient (Wildman–Crippen LogP) is 3.28. The zero-order valence-corrected chi connectivity index (χ0v) is 13.8. The van der Waals surface area contributed by atoms with Crippen LogP contribution >= 0.6 is 0 Å². The van der Waals surface area contributed by atoms with Crippen LogP contribution in [0.1, 0.15) is 50.5 Å². The van der Waals surface area contributed by atoms with E-state index in [1.54, 1.807) is 0 Å². The van der Waals surface area contributed by atoms with E-state index in [1.165, 1.54) is 5.56 Å². The molecule has 1 aromatic carbocycles. The second kappa shape index (κ2) is 6.29. The molecule has 1 fully saturated rings. The Morgan fingerprint density at radius 2 is 1.86 bits per heavy atom. The molecule has 0 spiro atoms. The number of carbonyl (C=O) groups is 1. The first-order valence-corrected chi connectivity index (χ1v) is 7.79. The van der Waals surface area contributed by atoms with Crippen LogP contribution < -0.4 is 0 Å². The fraction of sp³-hybridized carbons (Fsp3) is 0.611. The van der Waals surface area contributed by atoms with E-state index in [-0.39, 0.29) is 17.3 Å². The van der Waals surface area contributed by atoms with Gasteiger partial charge < -0.3 is 4.74 Å². The van der Waals surface area contributed by atoms with Gasteiger partial charge >= 0.3 is 0 Å². The minimum Gasteiger partial charge on any atom is -0.367 e. The molecule has 1 atom stereocenters. The topological polar surface area (TPSA) is 29.5 Å². The largest absolute Gasteiger partial charge is 0.367 e. The van der Waals surface area contributed by atoms with Gasteiger partial charge in [0.2, 0.25) is 0 Å². The van der Waals surface area contributed by atoms with Crippen LogP contribution in [-0.2, 0) is 10.2 Å². The van der Waals surface area contributed by atoms with Crippen molar-refractivity contribution in [3.63, 3.8) is 0 Å². The van der Waals surface area contributed by atoms with Crippen molar-refractivity contribution in [2.75, 3.05) is 19.7 Å². The summed E-state index contributed by atoms with van der Waals surface area (Å²) in [5.74, 6) is 0.0980. The van der Waals surface area contributed by atoms with E-state index in [2.05, 4.69) is 51.7 Å². The molecule has 1 heterocycles. The SMILES string of the molecule is CC(C)N1CCOC(C(=O)c2ccc(C(C)(C)C)cc2)C1. The number of rotatable bonds is 3. The van der Waals surface area contributed by atoms with E-state index < -0.39 is 0 Å². The summed E-state index contributed by atoms with van der Waals surface area (Å²) in [6, 6.07) is 8.42. The summed E-state index contributed by atoms with van der Waals surface area (Å²) in [5.41, 5.74) is 2.10. The normalized spacial score (nSPS) is 20.8. The number of ether oxygens (including phenoxy) is 1. The Hall–Kier alpha value is -1.19. The first-order valence-electron chi connectivity index (χ1n) is 7.79. The van der Waals surface area contributed by atoms with Crippen LogP contribution in [0, 0.1) is 0 Å². The van der Waals surface area contributed by atoms with Crippen molar-refractivity contribution in [1.29, 1.82) is 0 Å². The molecule has 0 radical (unpaired) electrons. The highest BCUT2D eigenvalue weighted by Crippen LogP contribution is 2.23. The number of nitrogens with zero attached hydrogens (tertiary/aromatic N) is 1. The molecule has 0 aromatic heterocycles. The highest BCUT2D eigenvalue weighted by atomic mass is 16.5. The molecule has 1 saturated heterocycles. The second-order valence-corrected chi connectivity index (χ2v) is 7.14. The van der Waals surface area contributed by atoms with Crippen molar-refractivity contribution in [2.24, 2.45) is 0 Å². The lowest BCUT2D eigenvalue weighted by atomic mass is 9.86. The first kappa shape index (κ1) is 16.2. The molecule has 1 aromatic rings. The van der Waals surface area contributed by atoms with E-state index in [9.17, 15) is 4.79 Å². The Balaban J connectivity index is 2.09. The third-order valence-electron chi connectivity index (χ3n) is 4.16. The molecule has 3 heteroatoms. The molecular formula is C18H27NO2. The van der Waals surface area contributed by atoms with Crippen molar-refractivity contribution in [2.45, 2.75) is 52.2 Å². The molecular weight excluding hydrogens is 262 g/mol. The number of carbonyl (C=O) groups excluding carboxylic acids is 1. The van der Waals surface area contributed by atoms with Gasteiger partial charge in [-0.05, 0) is 24.8 Å². The quantitative estimate of drug-likeness (QED) is 0.800. The van der Waals surface area contributed by atoms with Crippen LogP contribution in [0.25, 0.3) is 0 Å². The Labute approximate surface area is 128 Å². The lowest BCUT2D eigenvalue weighted by Gasteiger charge is -2.34. The van der Waals surface area contributed by atoms with E-state index in [4.69, 9.17) is 4.74 Å². The standard InChI is InChI=1S/C18H27NO2/c1-13(2)19-10-11-21-16(12-19)17(20)14-6-8-15(9-7-14)18(3,4)5/h6-9,13,16H,10-12H2,1-5H3. The fourth-order valence-electron chi connectivity index (χ4n) is 2.62. The minimum atomic E-state index is -0.332. The van der Waals surface area contributed by atoms with E-state index in [0.29, 0.717) is 19.2 Å². The number of hydrogen-bond acceptors (Lipinski definition) is 3. The zero-order valence-electron chi connectivity index (χ0n) is 13.8. The summed E-state index contributed by atoms with van der Waals surface area (Å²) in [5, 5.41) is 0. The zero-order chi connectivity index (χ0) is 15.6. The summed E-state index contributed by atoms with van der Waals surface area (Å²) < 4.78 is 5.68. The smallest absolute Gasteiger partial charge is 0.192 e. The molecule has 0 saturated carbocycles. The van der Waals surface area contributed by atoms with Crippen molar-refractivity contribution in [3.05, 3.63) is 35.4 Å². The highest BCUT2D eigenvalue weighted by molar-refractivity contribution is 5.99. The molecule has 0 amide bonds. The van der Waals surface area contributed by atoms with Gasteiger partial charge in [-0.1, -0.05) is 45.0 Å². The van der Waals surface area contributed by atoms with E-state index in [1.807, 2.05) is 12.1 Å². The van der Waals surface area contributed by atoms with Crippen LogP contribution in [0.5, 0.6) is 0 Å². The average Bonchev–Trinajstić information content (AvgIpc) is 2.46. The lowest BCUT2D eigenvalue weighted by molar-refractivity contribution is -0.0256. The number of morpholine rings is 1. The fourth-order valence-corrected chi connectivity index (χ4v) is 2.62. The first-order chi connectivity index (χ1) is 9.79. The van der Waals surface area contributed by atoms with Crippen molar-refractivity contribution in [3.8, 4) is 0 Å². The van der Waals surface area contributed by atoms with Gasteiger partial charge in [0.15, 0.2) is 5.78 Å². The predicted molar refractivity (Wildman–Crippen MR) is 85.9 cm³/mol. The maximum Gasteiger partial charge on any atom is 0.192 e. The molecule has 1 unspecified atom stereocenters. The van der Waals surface area contributed by atoms with Gasteiger partial charge in [-0.2, -0.15) is 0 Å². The summed E-state index contributed by atoms with van der Waals surface area (Å²) in [6.07, 6.45) is -0.332. The van der Waals surface area contributed by atoms with Gasteiger partial charge in [-0.3, -0.25) is 9.69 Å². The third-order valence-corrected chi connectivity index (χ3v) is 4.16. The Morgan fingerprint density at radius 1 is 1.24 bits per heavy atom. The Kier molecular flexibility index (Phi) is 4.84. The van der Waals surface area contributed by atoms with Gasteiger partial charge in [0.05, 0.1) is 6.61 Å². The molecule has 0 bridgehead atoms. The molecule has 1 aliphatic heterocycles. The molecule has 1 aliphatic rings. The van der Waals surface area contributed by atoms with Gasteiger partial charge in [0.25, 0.3) is 0 Å². The Bertz CT molecular complexity index is 485. The van der Waals surface area contributed by atoms with Crippen molar-refractivity contribution >= 4 is 5.78 Å². The van der Waals surface area contributed by atoms with Gasteiger partial charge in [0, 0.05) is 24.7 Å². The van der Waals surface area contributed by atoms with Crippen LogP contribution in [0.4, 0.5) is 0 Å². The summed E-state index contributed by atoms with van der Waals surface area (Å²) in [4.78, 5) is 14.9. The molecule has 2 rings (SSSR count). The van der Waals surface area contributed by atoms with E-state index >= 15 is 0 Å². The molecule has 0 N–H and O–H groups in total. The van der Waals surface area contributed by atoms with Crippen LogP contribution in [0.15, 0.2) is 24.3 Å². The average molecular weight is 289 g/mol. The van der Waals surface area contributed by atoms with Gasteiger partial charge in [-0.15, -0.1) is 0 Å². The molecule has 0 aliphatic carbocycles. The van der Waals surface area contributed by atoms with Gasteiger partial charge in [-0.25, -0.2) is 0 Å². The number of hydrogen-bond donors (Lipinski definition) is 0. The summed E-state index contributed by atoms with van der Waals surface area (Å²) in [6.45, 7) is 13.1. The van der Waals surface area contributed by atoms with Crippen LogP contribution in [-0.4, -0.2) is 42.5 Å². The monoisotopic (exact) mass is 289 g/mol. The third kappa shape index (κ3) is 3.92. The highest BCUT2D eigenvalue weighted by Gasteiger charge is 2.28. The molecule has 3 nitrogen and oxygen atoms in total. The summed E-state index contributed by atoms with van der Waals surface area (Å²) >= 11 is 0. The minimum absolute atomic E-state index is 0.0980. The van der Waals surface area contributed by atoms with Crippen molar-refractivity contribution < 1.29 is 9.53 Å². The summed E-state index contributed by atoms with van der Waals surface area (Å²) in [7, 11) is 0. The van der Waals surface area contributed by atoms with E-state index in [0.717, 1.165) is 12.1 Å². The lowest BCUT2D eigenvalue weighted by Crippen LogP contribution is -2.48. The maximum absolute atomic E-state index is 12.6. The maximum atomic E-state index is 12.6. The van der Waals surface area contributed by atoms with Crippen LogP contribution in [0.2, 0.25) is 0 Å². The number of ketones is 1. The molecule has 116 valence electrons. The van der Waals surface area contributed by atoms with Gasteiger partial charge in [0.1, 0.15) is 6.10 Å². The van der Waals surface area contributed by atoms with Crippen molar-refractivity contribution in [1.82, 2.24) is 4.90 Å². The number of Topliss-reactive ketones (excluding diaryl/α,β-unsaturated/α-hetero) is 1.